The van der Waals surface area contributed by atoms with Gasteiger partial charge >= 0.3 is 0 Å². The van der Waals surface area contributed by atoms with Crippen LogP contribution in [0, 0.1) is 0 Å². The largest absolute Gasteiger partial charge is 0.342 e. The van der Waals surface area contributed by atoms with Crippen molar-refractivity contribution >= 4 is 39.2 Å². The quantitative estimate of drug-likeness (QED) is 0.926. The number of carbonyl (C=O) groups excluding carboxylic acids is 2. The fraction of sp³-hybridized carbons (Fsp3) is 0.333. The number of rotatable bonds is 4. The molecule has 1 amide bonds. The zero-order chi connectivity index (χ0) is 13.0. The Balaban J connectivity index is 2.83. The number of benzene rings is 1. The third-order valence-electron chi connectivity index (χ3n) is 2.35. The molecule has 0 aliphatic carbocycles. The summed E-state index contributed by atoms with van der Waals surface area (Å²) in [4.78, 5) is 23.3. The van der Waals surface area contributed by atoms with Gasteiger partial charge in [0, 0.05) is 10.9 Å². The van der Waals surface area contributed by atoms with Crippen molar-refractivity contribution < 1.29 is 9.59 Å². The third-order valence-corrected chi connectivity index (χ3v) is 3.17. The van der Waals surface area contributed by atoms with Crippen LogP contribution in [0.5, 0.6) is 0 Å². The molecule has 0 fully saturated rings. The van der Waals surface area contributed by atoms with Crippen molar-refractivity contribution in [1.82, 2.24) is 5.32 Å². The Labute approximate surface area is 114 Å². The minimum Gasteiger partial charge on any atom is -0.342 e. The Hall–Kier alpha value is -0.870. The number of Topliss-reactive ketones (excluding diaryl/α,β-unsaturated/α-hetero) is 1. The normalized spacial score (nSPS) is 12.0. The highest BCUT2D eigenvalue weighted by Crippen LogP contribution is 2.20. The van der Waals surface area contributed by atoms with E-state index in [9.17, 15) is 9.59 Å². The molecule has 1 N–H and O–H groups in total. The van der Waals surface area contributed by atoms with Crippen LogP contribution in [-0.4, -0.2) is 17.7 Å². The van der Waals surface area contributed by atoms with E-state index in [1.54, 1.807) is 32.0 Å². The smallest absolute Gasteiger partial charge is 0.253 e. The molecule has 1 unspecified atom stereocenters. The number of nitrogens with one attached hydrogen (secondary N) is 1. The molecule has 0 bridgehead atoms. The first-order valence-corrected chi connectivity index (χ1v) is 6.41. The molecule has 3 nitrogen and oxygen atoms in total. The van der Waals surface area contributed by atoms with Gasteiger partial charge in [-0.3, -0.25) is 9.59 Å². The summed E-state index contributed by atoms with van der Waals surface area (Å²) in [5.41, 5.74) is 0.358. The van der Waals surface area contributed by atoms with Gasteiger partial charge in [0.15, 0.2) is 5.78 Å². The molecule has 1 atom stereocenters. The molecule has 1 aromatic carbocycles. The van der Waals surface area contributed by atoms with Gasteiger partial charge in [0.1, 0.15) is 0 Å². The van der Waals surface area contributed by atoms with Crippen LogP contribution in [0.1, 0.15) is 30.6 Å². The van der Waals surface area contributed by atoms with Gasteiger partial charge in [0.2, 0.25) is 0 Å². The first kappa shape index (κ1) is 14.2. The summed E-state index contributed by atoms with van der Waals surface area (Å²) in [7, 11) is 0. The van der Waals surface area contributed by atoms with Crippen LogP contribution in [0.15, 0.2) is 22.7 Å². The first-order valence-electron chi connectivity index (χ1n) is 5.24. The van der Waals surface area contributed by atoms with Crippen LogP contribution in [0.4, 0.5) is 0 Å². The maximum Gasteiger partial charge on any atom is 0.253 e. The molecule has 0 aliphatic rings. The summed E-state index contributed by atoms with van der Waals surface area (Å²) < 4.78 is 0.765. The standard InChI is InChI=1S/C12H13BrClNO2/c1-3-11(16)7(2)15-12(17)9-6-8(13)4-5-10(9)14/h4-7H,3H2,1-2H3,(H,15,17). The molecule has 1 rings (SSSR count). The van der Waals surface area contributed by atoms with Crippen LogP contribution in [0.2, 0.25) is 5.02 Å². The van der Waals surface area contributed by atoms with E-state index in [0.29, 0.717) is 17.0 Å². The van der Waals surface area contributed by atoms with Gasteiger partial charge < -0.3 is 5.32 Å². The molecule has 92 valence electrons. The highest BCUT2D eigenvalue weighted by atomic mass is 79.9. The number of halogens is 2. The Kier molecular flexibility index (Phi) is 5.15. The molecule has 0 saturated heterocycles. The predicted octanol–water partition coefficient (Wildman–Crippen LogP) is 3.20. The highest BCUT2D eigenvalue weighted by Gasteiger charge is 2.17. The Morgan fingerprint density at radius 1 is 1.47 bits per heavy atom. The van der Waals surface area contributed by atoms with Gasteiger partial charge in [-0.2, -0.15) is 0 Å². The lowest BCUT2D eigenvalue weighted by Gasteiger charge is -2.12. The van der Waals surface area contributed by atoms with Crippen LogP contribution in [-0.2, 0) is 4.79 Å². The Morgan fingerprint density at radius 3 is 2.71 bits per heavy atom. The van der Waals surface area contributed by atoms with Crippen LogP contribution >= 0.6 is 27.5 Å². The molecule has 0 radical (unpaired) electrons. The van der Waals surface area contributed by atoms with Gasteiger partial charge in [0.05, 0.1) is 16.6 Å². The Morgan fingerprint density at radius 2 is 2.12 bits per heavy atom. The molecule has 0 aromatic heterocycles. The van der Waals surface area contributed by atoms with E-state index >= 15 is 0 Å². The lowest BCUT2D eigenvalue weighted by Crippen LogP contribution is -2.38. The molecule has 0 heterocycles. The summed E-state index contributed by atoms with van der Waals surface area (Å²) >= 11 is 9.19. The van der Waals surface area contributed by atoms with Crippen molar-refractivity contribution in [2.24, 2.45) is 0 Å². The van der Waals surface area contributed by atoms with E-state index in [2.05, 4.69) is 21.2 Å². The average molecular weight is 319 g/mol. The summed E-state index contributed by atoms with van der Waals surface area (Å²) in [6.45, 7) is 3.42. The van der Waals surface area contributed by atoms with Crippen molar-refractivity contribution in [2.45, 2.75) is 26.3 Å². The monoisotopic (exact) mass is 317 g/mol. The number of hydrogen-bond donors (Lipinski definition) is 1. The van der Waals surface area contributed by atoms with Crippen LogP contribution in [0.3, 0.4) is 0 Å². The molecule has 5 heteroatoms. The number of carbonyl (C=O) groups is 2. The Bertz CT molecular complexity index is 448. The van der Waals surface area contributed by atoms with Gasteiger partial charge in [-0.25, -0.2) is 0 Å². The molecule has 17 heavy (non-hydrogen) atoms. The minimum atomic E-state index is -0.498. The summed E-state index contributed by atoms with van der Waals surface area (Å²) in [6.07, 6.45) is 0.396. The zero-order valence-corrected chi connectivity index (χ0v) is 11.9. The van der Waals surface area contributed by atoms with Crippen LogP contribution in [0.25, 0.3) is 0 Å². The fourth-order valence-corrected chi connectivity index (χ4v) is 1.90. The average Bonchev–Trinajstić information content (AvgIpc) is 2.30. The van der Waals surface area contributed by atoms with Gasteiger partial charge in [-0.1, -0.05) is 34.5 Å². The minimum absolute atomic E-state index is 0.00975. The number of amides is 1. The van der Waals surface area contributed by atoms with E-state index in [-0.39, 0.29) is 11.7 Å². The SMILES string of the molecule is CCC(=O)C(C)NC(=O)c1cc(Br)ccc1Cl. The van der Waals surface area contributed by atoms with Gasteiger partial charge in [0.25, 0.3) is 5.91 Å². The molecule has 1 aromatic rings. The topological polar surface area (TPSA) is 46.2 Å². The van der Waals surface area contributed by atoms with E-state index < -0.39 is 6.04 Å². The van der Waals surface area contributed by atoms with E-state index in [4.69, 9.17) is 11.6 Å². The second-order valence-corrected chi connectivity index (χ2v) is 4.96. The van der Waals surface area contributed by atoms with Crippen molar-refractivity contribution in [2.75, 3.05) is 0 Å². The lowest BCUT2D eigenvalue weighted by molar-refractivity contribution is -0.120. The van der Waals surface area contributed by atoms with Crippen molar-refractivity contribution in [1.29, 1.82) is 0 Å². The maximum absolute atomic E-state index is 11.9. The second-order valence-electron chi connectivity index (χ2n) is 3.64. The maximum atomic E-state index is 11.9. The molecule has 0 saturated carbocycles. The molecular formula is C12H13BrClNO2. The van der Waals surface area contributed by atoms with E-state index in [1.807, 2.05) is 0 Å². The zero-order valence-electron chi connectivity index (χ0n) is 9.59. The van der Waals surface area contributed by atoms with Gasteiger partial charge in [-0.15, -0.1) is 0 Å². The van der Waals surface area contributed by atoms with E-state index in [0.717, 1.165) is 4.47 Å². The first-order chi connectivity index (χ1) is 7.95. The van der Waals surface area contributed by atoms with E-state index in [1.165, 1.54) is 0 Å². The number of ketones is 1. The van der Waals surface area contributed by atoms with Crippen molar-refractivity contribution in [3.63, 3.8) is 0 Å². The molecule has 0 aliphatic heterocycles. The highest BCUT2D eigenvalue weighted by molar-refractivity contribution is 9.10. The van der Waals surface area contributed by atoms with Crippen molar-refractivity contribution in [3.05, 3.63) is 33.3 Å². The second kappa shape index (κ2) is 6.17. The third kappa shape index (κ3) is 3.82. The fourth-order valence-electron chi connectivity index (χ4n) is 1.33. The van der Waals surface area contributed by atoms with Crippen LogP contribution < -0.4 is 5.32 Å². The molecule has 0 spiro atoms. The summed E-state index contributed by atoms with van der Waals surface area (Å²) in [5, 5.41) is 2.98. The van der Waals surface area contributed by atoms with Gasteiger partial charge in [-0.05, 0) is 25.1 Å². The lowest BCUT2D eigenvalue weighted by atomic mass is 10.1. The summed E-state index contributed by atoms with van der Waals surface area (Å²) in [5.74, 6) is -0.352. The van der Waals surface area contributed by atoms with Crippen molar-refractivity contribution in [3.8, 4) is 0 Å². The predicted molar refractivity (Wildman–Crippen MR) is 71.4 cm³/mol. The number of hydrogen-bond acceptors (Lipinski definition) is 2. The molecular weight excluding hydrogens is 305 g/mol. The summed E-state index contributed by atoms with van der Waals surface area (Å²) in [6, 6.07) is 4.51.